The molecule has 10 nitrogen and oxygen atoms in total. The molecule has 0 bridgehead atoms. The van der Waals surface area contributed by atoms with Crippen LogP contribution in [0.4, 0.5) is 4.79 Å². The molecule has 1 saturated carbocycles. The predicted octanol–water partition coefficient (Wildman–Crippen LogP) is 2.06. The van der Waals surface area contributed by atoms with Crippen LogP contribution < -0.4 is 21.3 Å². The Balaban J connectivity index is 1.58. The average molecular weight is 590 g/mol. The molecule has 1 heterocycles. The zero-order chi connectivity index (χ0) is 31.3. The maximum atomic E-state index is 14.3. The molecule has 4 rings (SSSR count). The molecule has 1 aromatic rings. The number of piperidine rings is 1. The zero-order valence-electron chi connectivity index (χ0n) is 25.1. The number of carbonyl (C=O) groups is 5. The zero-order valence-corrected chi connectivity index (χ0v) is 25.1. The van der Waals surface area contributed by atoms with Crippen molar-refractivity contribution < 1.29 is 24.0 Å². The number of rotatable bonds is 14. The topological polar surface area (TPSA) is 137 Å². The van der Waals surface area contributed by atoms with Crippen LogP contribution >= 0.6 is 0 Å². The van der Waals surface area contributed by atoms with Crippen LogP contribution in [0.5, 0.6) is 0 Å². The third-order valence-corrected chi connectivity index (χ3v) is 9.20. The van der Waals surface area contributed by atoms with E-state index in [1.165, 1.54) is 6.08 Å². The Morgan fingerprint density at radius 3 is 2.19 bits per heavy atom. The van der Waals surface area contributed by atoms with E-state index in [1.807, 2.05) is 24.3 Å². The Morgan fingerprint density at radius 2 is 1.58 bits per heavy atom. The summed E-state index contributed by atoms with van der Waals surface area (Å²) in [7, 11) is 0. The van der Waals surface area contributed by atoms with Gasteiger partial charge < -0.3 is 26.2 Å². The minimum atomic E-state index is -1.07. The van der Waals surface area contributed by atoms with Gasteiger partial charge in [0.2, 0.25) is 17.6 Å². The van der Waals surface area contributed by atoms with Crippen LogP contribution in [0.1, 0.15) is 37.8 Å². The number of carbonyl (C=O) groups excluding carboxylic acids is 5. The molecule has 0 spiro atoms. The molecule has 3 aliphatic rings. The molecule has 0 aromatic heterocycles. The fourth-order valence-corrected chi connectivity index (χ4v) is 6.78. The lowest BCUT2D eigenvalue weighted by molar-refractivity contribution is -0.144. The van der Waals surface area contributed by atoms with Crippen LogP contribution in [0.25, 0.3) is 0 Å². The smallest absolute Gasteiger partial charge is 0.315 e. The summed E-state index contributed by atoms with van der Waals surface area (Å²) in [5, 5.41) is 10.9. The number of Topliss-reactive ketones (excluding diaryl/α,β-unsaturated/α-hetero) is 1. The van der Waals surface area contributed by atoms with Gasteiger partial charge in [-0.25, -0.2) is 4.79 Å². The van der Waals surface area contributed by atoms with Gasteiger partial charge in [-0.15, -0.1) is 19.7 Å². The molecular formula is C33H43N5O5. The minimum Gasteiger partial charge on any atom is -0.346 e. The van der Waals surface area contributed by atoms with Crippen molar-refractivity contribution in [2.45, 2.75) is 57.7 Å². The second kappa shape index (κ2) is 13.4. The van der Waals surface area contributed by atoms with Gasteiger partial charge >= 0.3 is 6.03 Å². The van der Waals surface area contributed by atoms with E-state index < -0.39 is 41.8 Å². The summed E-state index contributed by atoms with van der Waals surface area (Å²) in [5.74, 6) is -2.58. The lowest BCUT2D eigenvalue weighted by Crippen LogP contribution is -2.60. The Hall–Kier alpha value is -4.21. The molecule has 43 heavy (non-hydrogen) atoms. The number of fused-ring (bicyclic) bond motifs is 2. The van der Waals surface area contributed by atoms with E-state index in [4.69, 9.17) is 0 Å². The van der Waals surface area contributed by atoms with Gasteiger partial charge in [0.1, 0.15) is 12.1 Å². The summed E-state index contributed by atoms with van der Waals surface area (Å²) in [6.07, 6.45) is 6.48. The predicted molar refractivity (Wildman–Crippen MR) is 164 cm³/mol. The molecule has 230 valence electrons. The first-order chi connectivity index (χ1) is 20.5. The van der Waals surface area contributed by atoms with E-state index in [0.717, 1.165) is 11.1 Å². The molecule has 4 N–H and O–H groups in total. The number of amides is 5. The summed E-state index contributed by atoms with van der Waals surface area (Å²) in [6, 6.07) is 4.72. The normalized spacial score (nSPS) is 22.7. The van der Waals surface area contributed by atoms with Crippen LogP contribution in [-0.4, -0.2) is 72.2 Å². The number of hydrogen-bond acceptors (Lipinski definition) is 5. The first-order valence-corrected chi connectivity index (χ1v) is 14.9. The Labute approximate surface area is 253 Å². The van der Waals surface area contributed by atoms with E-state index in [1.54, 1.807) is 17.1 Å². The molecule has 10 heteroatoms. The SMILES string of the molecule is C=CCCC(NC(=O)[C@@H]1C2C(CN1C(=O)[C@@H](NC(=O)NCC=C)C1Cc3ccccc3C1)C2(C)C)C(=O)C(=O)NCC=C. The molecular weight excluding hydrogens is 546 g/mol. The van der Waals surface area contributed by atoms with Crippen LogP contribution in [0, 0.1) is 23.2 Å². The highest BCUT2D eigenvalue weighted by molar-refractivity contribution is 6.38. The second-order valence-corrected chi connectivity index (χ2v) is 12.2. The maximum Gasteiger partial charge on any atom is 0.315 e. The van der Waals surface area contributed by atoms with E-state index in [9.17, 15) is 24.0 Å². The van der Waals surface area contributed by atoms with Crippen molar-refractivity contribution >= 4 is 29.5 Å². The quantitative estimate of drug-likeness (QED) is 0.195. The van der Waals surface area contributed by atoms with Crippen molar-refractivity contribution in [2.75, 3.05) is 19.6 Å². The molecule has 1 aliphatic heterocycles. The minimum absolute atomic E-state index is 0.0986. The number of benzene rings is 1. The highest BCUT2D eigenvalue weighted by Gasteiger charge is 2.69. The number of likely N-dealkylation sites (tertiary alicyclic amines) is 1. The largest absolute Gasteiger partial charge is 0.346 e. The Morgan fingerprint density at radius 1 is 0.953 bits per heavy atom. The molecule has 2 aliphatic carbocycles. The van der Waals surface area contributed by atoms with E-state index in [-0.39, 0.29) is 48.6 Å². The van der Waals surface area contributed by atoms with Crippen molar-refractivity contribution in [3.8, 4) is 0 Å². The van der Waals surface area contributed by atoms with Gasteiger partial charge in [0, 0.05) is 19.6 Å². The van der Waals surface area contributed by atoms with Gasteiger partial charge in [-0.2, -0.15) is 0 Å². The van der Waals surface area contributed by atoms with Gasteiger partial charge in [0.15, 0.2) is 0 Å². The first-order valence-electron chi connectivity index (χ1n) is 14.9. The van der Waals surface area contributed by atoms with Crippen LogP contribution in [0.3, 0.4) is 0 Å². The summed E-state index contributed by atoms with van der Waals surface area (Å²) in [4.78, 5) is 68.1. The number of nitrogens with zero attached hydrogens (tertiary/aromatic N) is 1. The molecule has 5 atom stereocenters. The van der Waals surface area contributed by atoms with Gasteiger partial charge in [-0.1, -0.05) is 56.3 Å². The molecule has 3 unspecified atom stereocenters. The highest BCUT2D eigenvalue weighted by Crippen LogP contribution is 2.65. The fraction of sp³-hybridized carbons (Fsp3) is 0.485. The number of hydrogen-bond donors (Lipinski definition) is 4. The summed E-state index contributed by atoms with van der Waals surface area (Å²) < 4.78 is 0. The van der Waals surface area contributed by atoms with Crippen LogP contribution in [-0.2, 0) is 32.0 Å². The molecule has 1 saturated heterocycles. The average Bonchev–Trinajstić information content (AvgIpc) is 3.36. The molecule has 2 fully saturated rings. The van der Waals surface area contributed by atoms with Crippen molar-refractivity contribution in [3.63, 3.8) is 0 Å². The molecule has 0 radical (unpaired) electrons. The number of urea groups is 1. The van der Waals surface area contributed by atoms with E-state index in [0.29, 0.717) is 25.8 Å². The van der Waals surface area contributed by atoms with E-state index in [2.05, 4.69) is 54.9 Å². The van der Waals surface area contributed by atoms with Gasteiger partial charge in [0.25, 0.3) is 5.91 Å². The standard InChI is InChI=1S/C33H43N5O5/c1-6-9-14-24(28(39)30(41)34-15-7-2)36-29(40)27-25-23(33(25,4)5)19-38(27)31(42)26(37-32(43)35-16-8-3)22-17-20-12-10-11-13-21(20)18-22/h6-8,10-13,22-27H,1-3,9,14-19H2,4-5H3,(H,34,41)(H,36,40)(H2,35,37,43)/t23?,24?,25?,26-,27-/m0/s1. The molecule has 5 amide bonds. The lowest BCUT2D eigenvalue weighted by atomic mass is 9.93. The highest BCUT2D eigenvalue weighted by atomic mass is 16.2. The van der Waals surface area contributed by atoms with Gasteiger partial charge in [-0.05, 0) is 60.0 Å². The maximum absolute atomic E-state index is 14.3. The first kappa shape index (κ1) is 31.7. The van der Waals surface area contributed by atoms with Crippen molar-refractivity contribution in [2.24, 2.45) is 23.2 Å². The Bertz CT molecular complexity index is 1280. The van der Waals surface area contributed by atoms with Crippen LogP contribution in [0.2, 0.25) is 0 Å². The summed E-state index contributed by atoms with van der Waals surface area (Å²) in [6.45, 7) is 15.7. The number of nitrogens with one attached hydrogen (secondary N) is 4. The van der Waals surface area contributed by atoms with Crippen molar-refractivity contribution in [1.29, 1.82) is 0 Å². The lowest BCUT2D eigenvalue weighted by Gasteiger charge is -2.35. The summed E-state index contributed by atoms with van der Waals surface area (Å²) in [5.41, 5.74) is 2.10. The van der Waals surface area contributed by atoms with E-state index >= 15 is 0 Å². The Kier molecular flexibility index (Phi) is 9.88. The fourth-order valence-electron chi connectivity index (χ4n) is 6.78. The van der Waals surface area contributed by atoms with Crippen LogP contribution in [0.15, 0.2) is 62.2 Å². The van der Waals surface area contributed by atoms with Crippen molar-refractivity contribution in [3.05, 3.63) is 73.4 Å². The second-order valence-electron chi connectivity index (χ2n) is 12.2. The summed E-state index contributed by atoms with van der Waals surface area (Å²) >= 11 is 0. The third kappa shape index (κ3) is 6.73. The van der Waals surface area contributed by atoms with Gasteiger partial charge in [-0.3, -0.25) is 19.2 Å². The van der Waals surface area contributed by atoms with Gasteiger partial charge in [0.05, 0.1) is 6.04 Å². The number of ketones is 1. The third-order valence-electron chi connectivity index (χ3n) is 9.20. The van der Waals surface area contributed by atoms with Crippen molar-refractivity contribution in [1.82, 2.24) is 26.2 Å². The number of allylic oxidation sites excluding steroid dienone is 1. The molecule has 1 aromatic carbocycles. The monoisotopic (exact) mass is 589 g/mol.